The molecule has 0 N–H and O–H groups in total. The highest BCUT2D eigenvalue weighted by atomic mass is 16.5. The Labute approximate surface area is 164 Å². The van der Waals surface area contributed by atoms with Crippen molar-refractivity contribution in [3.63, 3.8) is 0 Å². The van der Waals surface area contributed by atoms with Gasteiger partial charge >= 0.3 is 5.97 Å². The van der Waals surface area contributed by atoms with Crippen molar-refractivity contribution >= 4 is 11.7 Å². The maximum atomic E-state index is 11.9. The fourth-order valence-corrected chi connectivity index (χ4v) is 3.59. The molecule has 152 valence electrons. The van der Waals surface area contributed by atoms with Crippen LogP contribution in [0.15, 0.2) is 30.3 Å². The molecule has 0 bridgehead atoms. The Morgan fingerprint density at radius 3 is 2.74 bits per heavy atom. The zero-order chi connectivity index (χ0) is 19.5. The largest absolute Gasteiger partial charge is 0.466 e. The molecule has 1 unspecified atom stereocenters. The van der Waals surface area contributed by atoms with E-state index in [4.69, 9.17) is 9.47 Å². The summed E-state index contributed by atoms with van der Waals surface area (Å²) in [6.45, 7) is 12.9. The van der Waals surface area contributed by atoms with Crippen LogP contribution in [0.25, 0.3) is 0 Å². The smallest absolute Gasteiger partial charge is 0.310 e. The van der Waals surface area contributed by atoms with Crippen molar-refractivity contribution in [3.05, 3.63) is 30.3 Å². The number of hydrogen-bond acceptors (Lipinski definition) is 5. The fourth-order valence-electron chi connectivity index (χ4n) is 3.59. The molecule has 1 aliphatic heterocycles. The van der Waals surface area contributed by atoms with Crippen LogP contribution in [-0.2, 0) is 14.3 Å². The molecule has 0 spiro atoms. The Morgan fingerprint density at radius 2 is 2.04 bits per heavy atom. The molecule has 1 aromatic rings. The Balaban J connectivity index is 1.68. The first-order valence-corrected chi connectivity index (χ1v) is 10.4. The van der Waals surface area contributed by atoms with Crippen LogP contribution < -0.4 is 4.90 Å². The second kappa shape index (κ2) is 12.0. The summed E-state index contributed by atoms with van der Waals surface area (Å²) in [5.74, 6) is 0.590. The van der Waals surface area contributed by atoms with E-state index in [-0.39, 0.29) is 11.9 Å². The number of likely N-dealkylation sites (tertiary alicyclic amines) is 1. The molecule has 5 nitrogen and oxygen atoms in total. The van der Waals surface area contributed by atoms with Gasteiger partial charge < -0.3 is 19.3 Å². The van der Waals surface area contributed by atoms with E-state index in [0.29, 0.717) is 19.1 Å². The Morgan fingerprint density at radius 1 is 1.26 bits per heavy atom. The standard InChI is InChI=1S/C22H36N2O3/c1-4-27-22(25)20-9-8-12-23(18-20)13-15-26-16-14-24(17-19(2)3)21-10-6-5-7-11-21/h5-7,10-11,19-20H,4,8-9,12-18H2,1-3H3. The second-order valence-corrected chi connectivity index (χ2v) is 7.68. The Bertz CT molecular complexity index is 536. The van der Waals surface area contributed by atoms with E-state index >= 15 is 0 Å². The van der Waals surface area contributed by atoms with Gasteiger partial charge in [0, 0.05) is 31.9 Å². The molecule has 0 aromatic heterocycles. The average Bonchev–Trinajstić information content (AvgIpc) is 2.67. The molecule has 1 heterocycles. The summed E-state index contributed by atoms with van der Waals surface area (Å²) in [5.41, 5.74) is 1.25. The van der Waals surface area contributed by atoms with Gasteiger partial charge in [0.25, 0.3) is 0 Å². The molecule has 27 heavy (non-hydrogen) atoms. The summed E-state index contributed by atoms with van der Waals surface area (Å²) < 4.78 is 11.1. The van der Waals surface area contributed by atoms with Crippen LogP contribution in [-0.4, -0.2) is 63.4 Å². The molecule has 0 amide bonds. The highest BCUT2D eigenvalue weighted by Crippen LogP contribution is 2.18. The highest BCUT2D eigenvalue weighted by Gasteiger charge is 2.26. The Hall–Kier alpha value is -1.59. The maximum absolute atomic E-state index is 11.9. The lowest BCUT2D eigenvalue weighted by molar-refractivity contribution is -0.150. The van der Waals surface area contributed by atoms with Crippen molar-refractivity contribution in [2.24, 2.45) is 11.8 Å². The predicted molar refractivity (Wildman–Crippen MR) is 110 cm³/mol. The normalized spacial score (nSPS) is 17.9. The number of piperidine rings is 1. The molecule has 1 atom stereocenters. The van der Waals surface area contributed by atoms with Crippen molar-refractivity contribution in [3.8, 4) is 0 Å². The van der Waals surface area contributed by atoms with Gasteiger partial charge in [-0.1, -0.05) is 32.0 Å². The number of ether oxygens (including phenoxy) is 2. The number of para-hydroxylation sites is 1. The van der Waals surface area contributed by atoms with Crippen LogP contribution >= 0.6 is 0 Å². The first-order valence-electron chi connectivity index (χ1n) is 10.4. The monoisotopic (exact) mass is 376 g/mol. The summed E-state index contributed by atoms with van der Waals surface area (Å²) in [4.78, 5) is 16.7. The van der Waals surface area contributed by atoms with E-state index < -0.39 is 0 Å². The molecule has 1 saturated heterocycles. The van der Waals surface area contributed by atoms with Gasteiger partial charge in [-0.3, -0.25) is 4.79 Å². The van der Waals surface area contributed by atoms with Crippen LogP contribution in [0.3, 0.4) is 0 Å². The molecule has 1 aliphatic rings. The van der Waals surface area contributed by atoms with Gasteiger partial charge in [-0.05, 0) is 44.4 Å². The van der Waals surface area contributed by atoms with Gasteiger partial charge in [0.2, 0.25) is 0 Å². The quantitative estimate of drug-likeness (QED) is 0.437. The molecule has 0 saturated carbocycles. The molecule has 0 aliphatic carbocycles. The van der Waals surface area contributed by atoms with Gasteiger partial charge in [0.05, 0.1) is 25.7 Å². The van der Waals surface area contributed by atoms with Crippen LogP contribution in [0.5, 0.6) is 0 Å². The van der Waals surface area contributed by atoms with Crippen molar-refractivity contribution in [2.75, 3.05) is 57.4 Å². The average molecular weight is 377 g/mol. The summed E-state index contributed by atoms with van der Waals surface area (Å²) in [7, 11) is 0. The predicted octanol–water partition coefficient (Wildman–Crippen LogP) is 3.44. The van der Waals surface area contributed by atoms with Gasteiger partial charge in [0.1, 0.15) is 0 Å². The van der Waals surface area contributed by atoms with E-state index in [9.17, 15) is 4.79 Å². The lowest BCUT2D eigenvalue weighted by Gasteiger charge is -2.31. The molecular weight excluding hydrogens is 340 g/mol. The van der Waals surface area contributed by atoms with E-state index in [0.717, 1.165) is 52.2 Å². The summed E-state index contributed by atoms with van der Waals surface area (Å²) in [6.07, 6.45) is 2.00. The molecule has 0 radical (unpaired) electrons. The van der Waals surface area contributed by atoms with Gasteiger partial charge in [-0.15, -0.1) is 0 Å². The van der Waals surface area contributed by atoms with E-state index in [1.54, 1.807) is 0 Å². The summed E-state index contributed by atoms with van der Waals surface area (Å²) in [5, 5.41) is 0. The van der Waals surface area contributed by atoms with Crippen molar-refractivity contribution in [1.82, 2.24) is 4.90 Å². The third-order valence-electron chi connectivity index (χ3n) is 4.89. The minimum atomic E-state index is -0.0460. The van der Waals surface area contributed by atoms with E-state index in [1.807, 2.05) is 6.92 Å². The molecule has 5 heteroatoms. The minimum Gasteiger partial charge on any atom is -0.466 e. The number of carbonyl (C=O) groups is 1. The topological polar surface area (TPSA) is 42.0 Å². The Kier molecular flexibility index (Phi) is 9.64. The number of anilines is 1. The van der Waals surface area contributed by atoms with Crippen LogP contribution in [0.1, 0.15) is 33.6 Å². The zero-order valence-corrected chi connectivity index (χ0v) is 17.2. The molecular formula is C22H36N2O3. The van der Waals surface area contributed by atoms with E-state index in [2.05, 4.69) is 54.0 Å². The van der Waals surface area contributed by atoms with Crippen LogP contribution in [0, 0.1) is 11.8 Å². The van der Waals surface area contributed by atoms with Crippen molar-refractivity contribution in [1.29, 1.82) is 0 Å². The first kappa shape index (κ1) is 21.7. The molecule has 1 aromatic carbocycles. The minimum absolute atomic E-state index is 0.0262. The third kappa shape index (κ3) is 7.89. The van der Waals surface area contributed by atoms with Gasteiger partial charge in [-0.25, -0.2) is 0 Å². The maximum Gasteiger partial charge on any atom is 0.310 e. The summed E-state index contributed by atoms with van der Waals surface area (Å²) >= 11 is 0. The number of hydrogen-bond donors (Lipinski definition) is 0. The van der Waals surface area contributed by atoms with Crippen LogP contribution in [0.4, 0.5) is 5.69 Å². The number of carbonyl (C=O) groups excluding carboxylic acids is 1. The number of benzene rings is 1. The van der Waals surface area contributed by atoms with Crippen molar-refractivity contribution < 1.29 is 14.3 Å². The van der Waals surface area contributed by atoms with Crippen LogP contribution in [0.2, 0.25) is 0 Å². The lowest BCUT2D eigenvalue weighted by Crippen LogP contribution is -2.41. The number of esters is 1. The molecule has 1 fully saturated rings. The molecule has 2 rings (SSSR count). The highest BCUT2D eigenvalue weighted by molar-refractivity contribution is 5.72. The zero-order valence-electron chi connectivity index (χ0n) is 17.2. The summed E-state index contributed by atoms with van der Waals surface area (Å²) in [6, 6.07) is 10.5. The SMILES string of the molecule is CCOC(=O)C1CCCN(CCOCCN(CC(C)C)c2ccccc2)C1. The first-order chi connectivity index (χ1) is 13.1. The number of nitrogens with zero attached hydrogens (tertiary/aromatic N) is 2. The fraction of sp³-hybridized carbons (Fsp3) is 0.682. The van der Waals surface area contributed by atoms with Gasteiger partial charge in [0.15, 0.2) is 0 Å². The third-order valence-corrected chi connectivity index (χ3v) is 4.89. The number of rotatable bonds is 11. The van der Waals surface area contributed by atoms with Gasteiger partial charge in [-0.2, -0.15) is 0 Å². The van der Waals surface area contributed by atoms with E-state index in [1.165, 1.54) is 5.69 Å². The lowest BCUT2D eigenvalue weighted by atomic mass is 9.98. The second-order valence-electron chi connectivity index (χ2n) is 7.68. The van der Waals surface area contributed by atoms with Crippen molar-refractivity contribution in [2.45, 2.75) is 33.6 Å².